The Bertz CT molecular complexity index is 883. The van der Waals surface area contributed by atoms with Crippen molar-refractivity contribution in [3.8, 4) is 0 Å². The van der Waals surface area contributed by atoms with Gasteiger partial charge < -0.3 is 19.5 Å². The highest BCUT2D eigenvalue weighted by Crippen LogP contribution is 2.29. The molecule has 0 fully saturated rings. The number of methoxy groups -OCH3 is 3. The minimum Gasteiger partial charge on any atom is -0.469 e. The first-order chi connectivity index (χ1) is 14.4. The van der Waals surface area contributed by atoms with E-state index in [2.05, 4.69) is 5.32 Å². The maximum absolute atomic E-state index is 13.2. The van der Waals surface area contributed by atoms with E-state index in [-0.39, 0.29) is 0 Å². The van der Waals surface area contributed by atoms with Gasteiger partial charge in [-0.2, -0.15) is 0 Å². The van der Waals surface area contributed by atoms with Crippen molar-refractivity contribution >= 4 is 23.8 Å². The highest BCUT2D eigenvalue weighted by molar-refractivity contribution is 6.04. The maximum atomic E-state index is 13.2. The number of rotatable bonds is 8. The SMILES string of the molecule is COC(=O)C(NC(=O)C(C(=O)OC)C(C(=O)OC)c1ccccc1)c1ccccc1. The molecule has 8 nitrogen and oxygen atoms in total. The van der Waals surface area contributed by atoms with Crippen molar-refractivity contribution in [2.45, 2.75) is 12.0 Å². The largest absolute Gasteiger partial charge is 0.469 e. The van der Waals surface area contributed by atoms with Gasteiger partial charge in [-0.15, -0.1) is 0 Å². The van der Waals surface area contributed by atoms with Crippen LogP contribution in [-0.2, 0) is 33.4 Å². The van der Waals surface area contributed by atoms with E-state index in [0.717, 1.165) is 14.2 Å². The molecule has 0 aromatic heterocycles. The molecule has 0 bridgehead atoms. The second-order valence-corrected chi connectivity index (χ2v) is 6.29. The lowest BCUT2D eigenvalue weighted by atomic mass is 9.85. The molecular weight excluding hydrogens is 390 g/mol. The van der Waals surface area contributed by atoms with Gasteiger partial charge >= 0.3 is 17.9 Å². The number of hydrogen-bond donors (Lipinski definition) is 1. The Morgan fingerprint density at radius 1 is 0.667 bits per heavy atom. The number of hydrogen-bond acceptors (Lipinski definition) is 7. The van der Waals surface area contributed by atoms with E-state index >= 15 is 0 Å². The summed E-state index contributed by atoms with van der Waals surface area (Å²) in [5, 5.41) is 2.51. The van der Waals surface area contributed by atoms with E-state index in [9.17, 15) is 19.2 Å². The third kappa shape index (κ3) is 5.22. The van der Waals surface area contributed by atoms with Crippen molar-refractivity contribution in [2.75, 3.05) is 21.3 Å². The maximum Gasteiger partial charge on any atom is 0.333 e. The summed E-state index contributed by atoms with van der Waals surface area (Å²) < 4.78 is 14.4. The summed E-state index contributed by atoms with van der Waals surface area (Å²) in [5.74, 6) is -6.18. The van der Waals surface area contributed by atoms with Crippen LogP contribution in [0, 0.1) is 5.92 Å². The predicted octanol–water partition coefficient (Wildman–Crippen LogP) is 1.76. The van der Waals surface area contributed by atoms with Crippen molar-refractivity contribution in [1.82, 2.24) is 5.32 Å². The molecule has 0 radical (unpaired) electrons. The lowest BCUT2D eigenvalue weighted by Gasteiger charge is -2.25. The van der Waals surface area contributed by atoms with Crippen molar-refractivity contribution < 1.29 is 33.4 Å². The molecule has 0 saturated heterocycles. The molecule has 2 rings (SSSR count). The predicted molar refractivity (Wildman–Crippen MR) is 106 cm³/mol. The van der Waals surface area contributed by atoms with Crippen LogP contribution in [0.4, 0.5) is 0 Å². The Labute approximate surface area is 174 Å². The Balaban J connectivity index is 2.46. The quantitative estimate of drug-likeness (QED) is 0.399. The van der Waals surface area contributed by atoms with E-state index < -0.39 is 41.7 Å². The molecule has 1 N–H and O–H groups in total. The summed E-state index contributed by atoms with van der Waals surface area (Å²) in [6.45, 7) is 0. The van der Waals surface area contributed by atoms with Crippen molar-refractivity contribution in [3.63, 3.8) is 0 Å². The van der Waals surface area contributed by atoms with Gasteiger partial charge in [0.25, 0.3) is 0 Å². The van der Waals surface area contributed by atoms with E-state index in [4.69, 9.17) is 14.2 Å². The minimum atomic E-state index is -1.58. The second kappa shape index (κ2) is 10.8. The van der Waals surface area contributed by atoms with Crippen LogP contribution in [-0.4, -0.2) is 45.1 Å². The van der Waals surface area contributed by atoms with Gasteiger partial charge in [-0.1, -0.05) is 60.7 Å². The van der Waals surface area contributed by atoms with Crippen molar-refractivity contribution in [3.05, 3.63) is 71.8 Å². The van der Waals surface area contributed by atoms with Crippen molar-refractivity contribution in [1.29, 1.82) is 0 Å². The number of nitrogens with one attached hydrogen (secondary N) is 1. The first-order valence-electron chi connectivity index (χ1n) is 9.08. The zero-order chi connectivity index (χ0) is 22.1. The molecular formula is C22H23NO7. The molecule has 0 aliphatic heterocycles. The Morgan fingerprint density at radius 2 is 1.13 bits per heavy atom. The zero-order valence-corrected chi connectivity index (χ0v) is 16.9. The molecule has 8 heteroatoms. The topological polar surface area (TPSA) is 108 Å². The summed E-state index contributed by atoms with van der Waals surface area (Å²) in [7, 11) is 3.45. The summed E-state index contributed by atoms with van der Waals surface area (Å²) >= 11 is 0. The van der Waals surface area contributed by atoms with Crippen LogP contribution in [0.15, 0.2) is 60.7 Å². The van der Waals surface area contributed by atoms with Crippen LogP contribution in [0.5, 0.6) is 0 Å². The summed E-state index contributed by atoms with van der Waals surface area (Å²) in [6.07, 6.45) is 0. The fourth-order valence-corrected chi connectivity index (χ4v) is 3.05. The summed E-state index contributed by atoms with van der Waals surface area (Å²) in [5.41, 5.74) is 0.847. The zero-order valence-electron chi connectivity index (χ0n) is 16.9. The smallest absolute Gasteiger partial charge is 0.333 e. The average Bonchev–Trinajstić information content (AvgIpc) is 2.80. The third-order valence-electron chi connectivity index (χ3n) is 4.54. The number of ether oxygens (including phenoxy) is 3. The lowest BCUT2D eigenvalue weighted by molar-refractivity contribution is -0.159. The molecule has 0 heterocycles. The van der Waals surface area contributed by atoms with Gasteiger partial charge in [0.2, 0.25) is 5.91 Å². The molecule has 2 aromatic rings. The Morgan fingerprint density at radius 3 is 1.60 bits per heavy atom. The first-order valence-corrected chi connectivity index (χ1v) is 9.08. The summed E-state index contributed by atoms with van der Waals surface area (Å²) in [4.78, 5) is 50.5. The van der Waals surface area contributed by atoms with E-state index in [1.54, 1.807) is 60.7 Å². The van der Waals surface area contributed by atoms with Crippen LogP contribution < -0.4 is 5.32 Å². The summed E-state index contributed by atoms with van der Waals surface area (Å²) in [6, 6.07) is 15.5. The van der Waals surface area contributed by atoms with E-state index in [1.807, 2.05) is 0 Å². The van der Waals surface area contributed by atoms with E-state index in [0.29, 0.717) is 11.1 Å². The number of carbonyl (C=O) groups is 4. The normalized spacial score (nSPS) is 13.3. The molecule has 2 aromatic carbocycles. The minimum absolute atomic E-state index is 0.393. The van der Waals surface area contributed by atoms with Crippen LogP contribution in [0.1, 0.15) is 23.1 Å². The second-order valence-electron chi connectivity index (χ2n) is 6.29. The molecule has 30 heavy (non-hydrogen) atoms. The van der Waals surface area contributed by atoms with Crippen LogP contribution in [0.25, 0.3) is 0 Å². The molecule has 158 valence electrons. The lowest BCUT2D eigenvalue weighted by Crippen LogP contribution is -2.45. The molecule has 0 spiro atoms. The average molecular weight is 413 g/mol. The molecule has 3 atom stereocenters. The Kier molecular flexibility index (Phi) is 8.10. The number of carbonyl (C=O) groups excluding carboxylic acids is 4. The Hall–Kier alpha value is -3.68. The first kappa shape index (κ1) is 22.6. The van der Waals surface area contributed by atoms with Gasteiger partial charge in [0, 0.05) is 0 Å². The van der Waals surface area contributed by atoms with Crippen LogP contribution in [0.2, 0.25) is 0 Å². The monoisotopic (exact) mass is 413 g/mol. The van der Waals surface area contributed by atoms with Gasteiger partial charge in [0.1, 0.15) is 5.92 Å². The van der Waals surface area contributed by atoms with Crippen LogP contribution >= 0.6 is 0 Å². The van der Waals surface area contributed by atoms with E-state index in [1.165, 1.54) is 7.11 Å². The van der Waals surface area contributed by atoms with Gasteiger partial charge in [0.05, 0.1) is 21.3 Å². The fraction of sp³-hybridized carbons (Fsp3) is 0.273. The van der Waals surface area contributed by atoms with Gasteiger partial charge in [-0.25, -0.2) is 4.79 Å². The number of amides is 1. The third-order valence-corrected chi connectivity index (χ3v) is 4.54. The van der Waals surface area contributed by atoms with Crippen molar-refractivity contribution in [2.24, 2.45) is 5.92 Å². The molecule has 0 aliphatic rings. The number of benzene rings is 2. The van der Waals surface area contributed by atoms with Crippen LogP contribution in [0.3, 0.4) is 0 Å². The highest BCUT2D eigenvalue weighted by Gasteiger charge is 2.43. The van der Waals surface area contributed by atoms with Gasteiger partial charge in [-0.05, 0) is 11.1 Å². The standard InChI is InChI=1S/C22H23NO7/c1-28-20(25)16(14-10-6-4-7-11-14)17(21(26)29-2)19(24)23-18(22(27)30-3)15-12-8-5-9-13-15/h4-13,16-18H,1-3H3,(H,23,24). The molecule has 1 amide bonds. The van der Waals surface area contributed by atoms with Gasteiger partial charge in [-0.3, -0.25) is 14.4 Å². The molecule has 0 aliphatic carbocycles. The fourth-order valence-electron chi connectivity index (χ4n) is 3.05. The molecule has 3 unspecified atom stereocenters. The molecule has 0 saturated carbocycles. The van der Waals surface area contributed by atoms with Gasteiger partial charge in [0.15, 0.2) is 12.0 Å². The highest BCUT2D eigenvalue weighted by atomic mass is 16.5. The number of esters is 3.